The van der Waals surface area contributed by atoms with Crippen LogP contribution in [0.4, 0.5) is 17.6 Å². The zero-order valence-electron chi connectivity index (χ0n) is 13.0. The van der Waals surface area contributed by atoms with Crippen LogP contribution in [0, 0.1) is 6.92 Å². The fraction of sp³-hybridized carbons (Fsp3) is 0.294. The second kappa shape index (κ2) is 7.01. The highest BCUT2D eigenvalue weighted by Crippen LogP contribution is 2.31. The molecule has 24 heavy (non-hydrogen) atoms. The molecule has 1 heterocycles. The fourth-order valence-corrected chi connectivity index (χ4v) is 2.78. The van der Waals surface area contributed by atoms with Crippen LogP contribution in [-0.2, 0) is 6.42 Å². The molecule has 0 amide bonds. The van der Waals surface area contributed by atoms with Gasteiger partial charge in [0.25, 0.3) is 5.78 Å². The van der Waals surface area contributed by atoms with Crippen molar-refractivity contribution >= 4 is 32.6 Å². The van der Waals surface area contributed by atoms with Crippen LogP contribution in [0.2, 0.25) is 0 Å². The molecule has 0 spiro atoms. The Balaban J connectivity index is 2.79. The van der Waals surface area contributed by atoms with Crippen LogP contribution in [-0.4, -0.2) is 23.6 Å². The lowest BCUT2D eigenvalue weighted by Crippen LogP contribution is -2.25. The van der Waals surface area contributed by atoms with Gasteiger partial charge in [0, 0.05) is 15.6 Å². The van der Waals surface area contributed by atoms with Gasteiger partial charge in [0.15, 0.2) is 0 Å². The lowest BCUT2D eigenvalue weighted by molar-refractivity contribution is -0.0886. The minimum atomic E-state index is -5.00. The molecule has 0 bridgehead atoms. The highest BCUT2D eigenvalue weighted by atomic mass is 79.9. The summed E-state index contributed by atoms with van der Waals surface area (Å²) in [5, 5.41) is 0.436. The molecule has 0 radical (unpaired) electrons. The Labute approximate surface area is 144 Å². The summed E-state index contributed by atoms with van der Waals surface area (Å²) in [5.74, 6) is -1.93. The van der Waals surface area contributed by atoms with Crippen LogP contribution in [0.5, 0.6) is 0 Å². The lowest BCUT2D eigenvalue weighted by atomic mass is 9.94. The maximum Gasteiger partial charge on any atom is 0.454 e. The van der Waals surface area contributed by atoms with Crippen LogP contribution in [0.3, 0.4) is 0 Å². The Morgan fingerprint density at radius 1 is 1.33 bits per heavy atom. The molecule has 0 N–H and O–H groups in total. The van der Waals surface area contributed by atoms with Gasteiger partial charge in [-0.15, -0.1) is 0 Å². The van der Waals surface area contributed by atoms with Crippen LogP contribution in [0.1, 0.15) is 28.5 Å². The topological polar surface area (TPSA) is 30.0 Å². The summed E-state index contributed by atoms with van der Waals surface area (Å²) in [6, 6.07) is 4.98. The summed E-state index contributed by atoms with van der Waals surface area (Å²) in [6.45, 7) is 2.21. The first-order valence-electron chi connectivity index (χ1n) is 7.07. The highest BCUT2D eigenvalue weighted by molar-refractivity contribution is 9.10. The van der Waals surface area contributed by atoms with Gasteiger partial charge in [-0.3, -0.25) is 9.78 Å². The molecule has 2 aromatic rings. The van der Waals surface area contributed by atoms with Crippen molar-refractivity contribution in [3.63, 3.8) is 0 Å². The number of halogens is 5. The number of carbonyl (C=O) groups is 1. The Morgan fingerprint density at radius 3 is 2.58 bits per heavy atom. The summed E-state index contributed by atoms with van der Waals surface area (Å²) in [5.41, 5.74) is 0.618. The standard InChI is InChI=1S/C17H14BrF4NO/c1-9(8-19)3-5-12-13-7-11(18)4-6-14(13)23-10(2)15(12)16(24)17(20,21)22/h3-4,6-7H,5,8H2,1-2H3. The molecule has 0 unspecified atom stereocenters. The summed E-state index contributed by atoms with van der Waals surface area (Å²) in [4.78, 5) is 16.0. The number of Topliss-reactive ketones (excluding diaryl/α,β-unsaturated/α-hetero) is 1. The van der Waals surface area contributed by atoms with E-state index in [4.69, 9.17) is 0 Å². The largest absolute Gasteiger partial charge is 0.454 e. The molecule has 0 aliphatic heterocycles. The van der Waals surface area contributed by atoms with E-state index in [1.165, 1.54) is 19.9 Å². The number of pyridine rings is 1. The average Bonchev–Trinajstić information content (AvgIpc) is 2.50. The van der Waals surface area contributed by atoms with E-state index in [0.717, 1.165) is 0 Å². The van der Waals surface area contributed by atoms with E-state index in [9.17, 15) is 22.4 Å². The second-order valence-electron chi connectivity index (χ2n) is 5.43. The van der Waals surface area contributed by atoms with Gasteiger partial charge in [0.05, 0.1) is 11.1 Å². The predicted molar refractivity (Wildman–Crippen MR) is 88.0 cm³/mol. The molecular formula is C17H14BrF4NO. The molecule has 0 aliphatic carbocycles. The molecular weight excluding hydrogens is 390 g/mol. The van der Waals surface area contributed by atoms with E-state index in [2.05, 4.69) is 20.9 Å². The molecule has 128 valence electrons. The molecule has 0 fully saturated rings. The van der Waals surface area contributed by atoms with Crippen molar-refractivity contribution in [1.29, 1.82) is 0 Å². The van der Waals surface area contributed by atoms with E-state index in [0.29, 0.717) is 20.9 Å². The number of benzene rings is 1. The normalized spacial score (nSPS) is 12.7. The molecule has 0 aliphatic rings. The first-order chi connectivity index (χ1) is 11.1. The molecule has 1 aromatic heterocycles. The van der Waals surface area contributed by atoms with Crippen LogP contribution in [0.25, 0.3) is 10.9 Å². The van der Waals surface area contributed by atoms with Crippen LogP contribution < -0.4 is 0 Å². The molecule has 2 nitrogen and oxygen atoms in total. The van der Waals surface area contributed by atoms with Gasteiger partial charge < -0.3 is 0 Å². The minimum absolute atomic E-state index is 0.00782. The van der Waals surface area contributed by atoms with E-state index in [1.54, 1.807) is 18.2 Å². The Morgan fingerprint density at radius 2 is 2.00 bits per heavy atom. The zero-order chi connectivity index (χ0) is 18.1. The summed E-state index contributed by atoms with van der Waals surface area (Å²) in [6.07, 6.45) is -3.49. The Bertz CT molecular complexity index is 827. The van der Waals surface area contributed by atoms with Crippen molar-refractivity contribution in [2.24, 2.45) is 0 Å². The lowest BCUT2D eigenvalue weighted by Gasteiger charge is -2.15. The van der Waals surface area contributed by atoms with Crippen LogP contribution >= 0.6 is 15.9 Å². The van der Waals surface area contributed by atoms with Crippen molar-refractivity contribution in [3.8, 4) is 0 Å². The number of allylic oxidation sites excluding steroid dienone is 2. The van der Waals surface area contributed by atoms with E-state index in [1.807, 2.05) is 0 Å². The number of ketones is 1. The predicted octanol–water partition coefficient (Wildman–Crippen LogP) is 5.51. The average molecular weight is 404 g/mol. The van der Waals surface area contributed by atoms with Crippen LogP contribution in [0.15, 0.2) is 34.3 Å². The van der Waals surface area contributed by atoms with Gasteiger partial charge in [-0.1, -0.05) is 22.0 Å². The maximum absolute atomic E-state index is 13.0. The van der Waals surface area contributed by atoms with Gasteiger partial charge >= 0.3 is 6.18 Å². The van der Waals surface area contributed by atoms with Crippen molar-refractivity contribution < 1.29 is 22.4 Å². The molecule has 0 atom stereocenters. The third kappa shape index (κ3) is 3.83. The Kier molecular flexibility index (Phi) is 5.42. The van der Waals surface area contributed by atoms with Gasteiger partial charge in [-0.05, 0) is 49.6 Å². The second-order valence-corrected chi connectivity index (χ2v) is 6.34. The number of fused-ring (bicyclic) bond motifs is 1. The number of alkyl halides is 4. The third-order valence-electron chi connectivity index (χ3n) is 3.59. The summed E-state index contributed by atoms with van der Waals surface area (Å²) >= 11 is 3.27. The molecule has 1 aromatic carbocycles. The van der Waals surface area contributed by atoms with Gasteiger partial charge in [-0.2, -0.15) is 13.2 Å². The smallest absolute Gasteiger partial charge is 0.284 e. The highest BCUT2D eigenvalue weighted by Gasteiger charge is 2.41. The number of carbonyl (C=O) groups excluding carboxylic acids is 1. The number of nitrogens with zero attached hydrogens (tertiary/aromatic N) is 1. The first kappa shape index (κ1) is 18.6. The number of hydrogen-bond acceptors (Lipinski definition) is 2. The van der Waals surface area contributed by atoms with E-state index in [-0.39, 0.29) is 17.7 Å². The minimum Gasteiger partial charge on any atom is -0.284 e. The zero-order valence-corrected chi connectivity index (χ0v) is 14.6. The van der Waals surface area contributed by atoms with Crippen molar-refractivity contribution in [2.75, 3.05) is 6.67 Å². The summed E-state index contributed by atoms with van der Waals surface area (Å²) < 4.78 is 52.2. The maximum atomic E-state index is 13.0. The quantitative estimate of drug-likeness (QED) is 0.382. The Hall–Kier alpha value is -1.76. The molecule has 7 heteroatoms. The van der Waals surface area contributed by atoms with Crippen molar-refractivity contribution in [1.82, 2.24) is 4.98 Å². The number of hydrogen-bond donors (Lipinski definition) is 0. The SMILES string of the molecule is CC(=CCc1c(C(=O)C(F)(F)F)c(C)nc2ccc(Br)cc12)CF. The molecule has 0 saturated heterocycles. The van der Waals surface area contributed by atoms with Gasteiger partial charge in [-0.25, -0.2) is 4.39 Å². The van der Waals surface area contributed by atoms with E-state index < -0.39 is 24.2 Å². The number of aryl methyl sites for hydroxylation is 1. The fourth-order valence-electron chi connectivity index (χ4n) is 2.42. The van der Waals surface area contributed by atoms with E-state index >= 15 is 0 Å². The van der Waals surface area contributed by atoms with Crippen molar-refractivity contribution in [2.45, 2.75) is 26.4 Å². The van der Waals surface area contributed by atoms with Crippen molar-refractivity contribution in [3.05, 3.63) is 51.1 Å². The first-order valence-corrected chi connectivity index (χ1v) is 7.86. The third-order valence-corrected chi connectivity index (χ3v) is 4.08. The monoisotopic (exact) mass is 403 g/mol. The van der Waals surface area contributed by atoms with Gasteiger partial charge in [0.2, 0.25) is 0 Å². The summed E-state index contributed by atoms with van der Waals surface area (Å²) in [7, 11) is 0. The molecule has 0 saturated carbocycles. The molecule has 2 rings (SSSR count). The van der Waals surface area contributed by atoms with Gasteiger partial charge in [0.1, 0.15) is 6.67 Å². The number of rotatable bonds is 4. The number of aromatic nitrogens is 1.